The van der Waals surface area contributed by atoms with Crippen LogP contribution in [0.1, 0.15) is 57.7 Å². The first-order chi connectivity index (χ1) is 12.1. The van der Waals surface area contributed by atoms with E-state index in [4.69, 9.17) is 4.74 Å². The molecule has 2 aromatic rings. The van der Waals surface area contributed by atoms with Crippen molar-refractivity contribution in [1.82, 2.24) is 9.78 Å². The molecule has 0 bridgehead atoms. The number of aromatic nitrogens is 2. The zero-order chi connectivity index (χ0) is 18.2. The van der Waals surface area contributed by atoms with Gasteiger partial charge in [-0.1, -0.05) is 33.1 Å². The first-order valence-corrected chi connectivity index (χ1v) is 9.12. The lowest BCUT2D eigenvalue weighted by Gasteiger charge is -2.03. The molecule has 25 heavy (non-hydrogen) atoms. The van der Waals surface area contributed by atoms with E-state index >= 15 is 0 Å². The highest BCUT2D eigenvalue weighted by atomic mass is 16.5. The minimum absolute atomic E-state index is 0.0367. The van der Waals surface area contributed by atoms with Crippen molar-refractivity contribution in [2.24, 2.45) is 4.99 Å². The molecule has 0 radical (unpaired) electrons. The monoisotopic (exact) mass is 343 g/mol. The number of aliphatic imine (C=N–C) groups is 1. The minimum atomic E-state index is -0.0367. The Balaban J connectivity index is 2.38. The summed E-state index contributed by atoms with van der Waals surface area (Å²) in [6.45, 7) is 7.00. The van der Waals surface area contributed by atoms with E-state index in [1.807, 2.05) is 31.2 Å². The van der Waals surface area contributed by atoms with Crippen molar-refractivity contribution in [3.8, 4) is 11.4 Å². The summed E-state index contributed by atoms with van der Waals surface area (Å²) >= 11 is 0. The molecule has 0 unspecified atom stereocenters. The fraction of sp³-hybridized carbons (Fsp3) is 0.500. The number of unbranched alkanes of at least 4 members (excludes halogenated alkanes) is 2. The van der Waals surface area contributed by atoms with Gasteiger partial charge in [-0.3, -0.25) is 14.9 Å². The summed E-state index contributed by atoms with van der Waals surface area (Å²) in [6, 6.07) is 7.47. The molecule has 5 nitrogen and oxygen atoms in total. The molecule has 1 N–H and O–H groups in total. The van der Waals surface area contributed by atoms with Gasteiger partial charge in [0.25, 0.3) is 5.56 Å². The van der Waals surface area contributed by atoms with E-state index < -0.39 is 0 Å². The van der Waals surface area contributed by atoms with Crippen molar-refractivity contribution in [3.05, 3.63) is 45.9 Å². The molecule has 136 valence electrons. The van der Waals surface area contributed by atoms with Crippen LogP contribution in [0.2, 0.25) is 0 Å². The Kier molecular flexibility index (Phi) is 7.04. The maximum atomic E-state index is 13.0. The van der Waals surface area contributed by atoms with Gasteiger partial charge in [0.1, 0.15) is 5.75 Å². The van der Waals surface area contributed by atoms with E-state index in [0.717, 1.165) is 48.6 Å². The van der Waals surface area contributed by atoms with E-state index in [1.165, 1.54) is 12.8 Å². The number of nitrogens with one attached hydrogen (secondary N) is 1. The average molecular weight is 343 g/mol. The Hall–Kier alpha value is -2.30. The highest BCUT2D eigenvalue weighted by molar-refractivity contribution is 5.99. The van der Waals surface area contributed by atoms with Crippen LogP contribution in [-0.4, -0.2) is 29.1 Å². The Morgan fingerprint density at radius 2 is 1.88 bits per heavy atom. The van der Waals surface area contributed by atoms with Crippen LogP contribution in [-0.2, 0) is 6.42 Å². The second-order valence-corrected chi connectivity index (χ2v) is 6.23. The van der Waals surface area contributed by atoms with E-state index in [-0.39, 0.29) is 5.56 Å². The topological polar surface area (TPSA) is 59.4 Å². The van der Waals surface area contributed by atoms with Crippen LogP contribution in [0.25, 0.3) is 5.69 Å². The quantitative estimate of drug-likeness (QED) is 0.550. The predicted molar refractivity (Wildman–Crippen MR) is 104 cm³/mol. The lowest BCUT2D eigenvalue weighted by Crippen LogP contribution is -2.20. The van der Waals surface area contributed by atoms with Crippen LogP contribution in [0.15, 0.2) is 34.1 Å². The maximum Gasteiger partial charge on any atom is 0.280 e. The van der Waals surface area contributed by atoms with Crippen molar-refractivity contribution in [1.29, 1.82) is 0 Å². The number of aromatic amines is 1. The summed E-state index contributed by atoms with van der Waals surface area (Å²) in [5, 5.41) is 3.27. The van der Waals surface area contributed by atoms with E-state index in [2.05, 4.69) is 23.9 Å². The smallest absolute Gasteiger partial charge is 0.280 e. The van der Waals surface area contributed by atoms with Crippen molar-refractivity contribution in [3.63, 3.8) is 0 Å². The van der Waals surface area contributed by atoms with Gasteiger partial charge in [0.05, 0.1) is 18.4 Å². The predicted octanol–water partition coefficient (Wildman–Crippen LogP) is 4.13. The molecular formula is C20H29N3O2. The SMILES string of the molecule is CCCCCN=C(C)c1c(CCC)[nH]n(-c2ccc(OC)cc2)c1=O. The highest BCUT2D eigenvalue weighted by Gasteiger charge is 2.17. The zero-order valence-electron chi connectivity index (χ0n) is 15.8. The second-order valence-electron chi connectivity index (χ2n) is 6.23. The van der Waals surface area contributed by atoms with Crippen molar-refractivity contribution < 1.29 is 4.74 Å². The molecule has 0 spiro atoms. The van der Waals surface area contributed by atoms with E-state index in [0.29, 0.717) is 5.56 Å². The maximum absolute atomic E-state index is 13.0. The Morgan fingerprint density at radius 3 is 2.48 bits per heavy atom. The number of benzene rings is 1. The third-order valence-electron chi connectivity index (χ3n) is 4.27. The molecule has 0 aliphatic heterocycles. The molecule has 0 saturated carbocycles. The summed E-state index contributed by atoms with van der Waals surface area (Å²) in [5.74, 6) is 0.769. The lowest BCUT2D eigenvalue weighted by molar-refractivity contribution is 0.414. The first kappa shape index (κ1) is 19.0. The van der Waals surface area contributed by atoms with Gasteiger partial charge >= 0.3 is 0 Å². The fourth-order valence-corrected chi connectivity index (χ4v) is 2.89. The number of hydrogen-bond donors (Lipinski definition) is 1. The molecule has 5 heteroatoms. The number of nitrogens with zero attached hydrogens (tertiary/aromatic N) is 2. The lowest BCUT2D eigenvalue weighted by atomic mass is 10.1. The summed E-state index contributed by atoms with van der Waals surface area (Å²) in [5.41, 5.74) is 3.26. The van der Waals surface area contributed by atoms with Crippen LogP contribution >= 0.6 is 0 Å². The number of methoxy groups -OCH3 is 1. The van der Waals surface area contributed by atoms with Crippen LogP contribution < -0.4 is 10.3 Å². The van der Waals surface area contributed by atoms with Crippen LogP contribution in [0.3, 0.4) is 0 Å². The molecule has 2 rings (SSSR count). The largest absolute Gasteiger partial charge is 0.497 e. The van der Waals surface area contributed by atoms with Gasteiger partial charge in [-0.25, -0.2) is 4.68 Å². The third kappa shape index (κ3) is 4.62. The first-order valence-electron chi connectivity index (χ1n) is 9.12. The van der Waals surface area contributed by atoms with Gasteiger partial charge in [0, 0.05) is 18.0 Å². The number of H-pyrrole nitrogens is 1. The third-order valence-corrected chi connectivity index (χ3v) is 4.27. The molecule has 0 aliphatic carbocycles. The zero-order valence-corrected chi connectivity index (χ0v) is 15.8. The van der Waals surface area contributed by atoms with Gasteiger partial charge in [-0.05, 0) is 44.0 Å². The number of ether oxygens (including phenoxy) is 1. The summed E-state index contributed by atoms with van der Waals surface area (Å²) in [4.78, 5) is 17.6. The van der Waals surface area contributed by atoms with Crippen molar-refractivity contribution in [2.45, 2.75) is 52.9 Å². The van der Waals surface area contributed by atoms with Gasteiger partial charge in [0.2, 0.25) is 0 Å². The van der Waals surface area contributed by atoms with E-state index in [1.54, 1.807) is 11.8 Å². The molecular weight excluding hydrogens is 314 g/mol. The fourth-order valence-electron chi connectivity index (χ4n) is 2.89. The molecule has 0 atom stereocenters. The molecule has 0 saturated heterocycles. The molecule has 1 heterocycles. The van der Waals surface area contributed by atoms with Gasteiger partial charge in [0.15, 0.2) is 0 Å². The number of hydrogen-bond acceptors (Lipinski definition) is 3. The van der Waals surface area contributed by atoms with Crippen LogP contribution in [0.4, 0.5) is 0 Å². The number of aryl methyl sites for hydroxylation is 1. The average Bonchev–Trinajstić information content (AvgIpc) is 2.95. The van der Waals surface area contributed by atoms with Gasteiger partial charge in [-0.2, -0.15) is 0 Å². The molecule has 0 aliphatic rings. The summed E-state index contributed by atoms with van der Waals surface area (Å²) in [6.07, 6.45) is 5.20. The number of rotatable bonds is 9. The second kappa shape index (κ2) is 9.25. The van der Waals surface area contributed by atoms with Crippen molar-refractivity contribution in [2.75, 3.05) is 13.7 Å². The van der Waals surface area contributed by atoms with Crippen molar-refractivity contribution >= 4 is 5.71 Å². The normalized spacial score (nSPS) is 11.8. The summed E-state index contributed by atoms with van der Waals surface area (Å²) in [7, 11) is 1.63. The highest BCUT2D eigenvalue weighted by Crippen LogP contribution is 2.15. The Morgan fingerprint density at radius 1 is 1.16 bits per heavy atom. The molecule has 1 aromatic carbocycles. The molecule has 0 amide bonds. The van der Waals surface area contributed by atoms with Gasteiger partial charge < -0.3 is 4.74 Å². The summed E-state index contributed by atoms with van der Waals surface area (Å²) < 4.78 is 6.79. The van der Waals surface area contributed by atoms with E-state index in [9.17, 15) is 4.79 Å². The molecule has 0 fully saturated rings. The Labute approximate surface area is 149 Å². The van der Waals surface area contributed by atoms with Crippen LogP contribution in [0.5, 0.6) is 5.75 Å². The van der Waals surface area contributed by atoms with Crippen LogP contribution in [0, 0.1) is 0 Å². The standard InChI is InChI=1S/C20H29N3O2/c1-5-7-8-14-21-15(3)19-18(9-6-2)22-23(20(19)24)16-10-12-17(25-4)13-11-16/h10-13,22H,5-9,14H2,1-4H3. The van der Waals surface area contributed by atoms with Gasteiger partial charge in [-0.15, -0.1) is 0 Å². The minimum Gasteiger partial charge on any atom is -0.497 e. The Bertz CT molecular complexity index is 754. The molecule has 1 aromatic heterocycles.